The van der Waals surface area contributed by atoms with Crippen molar-refractivity contribution in [2.45, 2.75) is 51.2 Å². The third-order valence-electron chi connectivity index (χ3n) is 4.36. The van der Waals surface area contributed by atoms with Gasteiger partial charge >= 0.3 is 5.97 Å². The smallest absolute Gasteiger partial charge is 0.326 e. The zero-order valence-electron chi connectivity index (χ0n) is 13.2. The van der Waals surface area contributed by atoms with Crippen LogP contribution in [0.3, 0.4) is 0 Å². The third-order valence-corrected chi connectivity index (χ3v) is 5.24. The van der Waals surface area contributed by atoms with Crippen LogP contribution in [-0.2, 0) is 16.1 Å². The Kier molecular flexibility index (Phi) is 5.79. The van der Waals surface area contributed by atoms with Crippen molar-refractivity contribution < 1.29 is 9.53 Å². The topological polar surface area (TPSA) is 41.6 Å². The van der Waals surface area contributed by atoms with E-state index in [1.807, 2.05) is 6.07 Å². The summed E-state index contributed by atoms with van der Waals surface area (Å²) >= 11 is 1.72. The number of ether oxygens (including phenoxy) is 1. The maximum absolute atomic E-state index is 12.4. The molecule has 1 atom stereocenters. The molecule has 1 aliphatic heterocycles. The number of hydrogen-bond donors (Lipinski definition) is 1. The van der Waals surface area contributed by atoms with E-state index in [0.717, 1.165) is 38.9 Å². The van der Waals surface area contributed by atoms with E-state index in [4.69, 9.17) is 4.74 Å². The summed E-state index contributed by atoms with van der Waals surface area (Å²) < 4.78 is 5.10. The second kappa shape index (κ2) is 7.38. The van der Waals surface area contributed by atoms with E-state index < -0.39 is 5.54 Å². The second-order valence-electron chi connectivity index (χ2n) is 5.99. The lowest BCUT2D eigenvalue weighted by atomic mass is 9.90. The Morgan fingerprint density at radius 2 is 2.29 bits per heavy atom. The van der Waals surface area contributed by atoms with Crippen molar-refractivity contribution in [3.63, 3.8) is 0 Å². The molecule has 1 unspecified atom stereocenters. The summed E-state index contributed by atoms with van der Waals surface area (Å²) in [4.78, 5) is 16.1. The first kappa shape index (κ1) is 16.5. The van der Waals surface area contributed by atoms with Gasteiger partial charge in [0.1, 0.15) is 5.54 Å². The summed E-state index contributed by atoms with van der Waals surface area (Å²) in [6.45, 7) is 7.14. The van der Waals surface area contributed by atoms with Crippen LogP contribution in [0.25, 0.3) is 0 Å². The van der Waals surface area contributed by atoms with Gasteiger partial charge in [0, 0.05) is 24.0 Å². The van der Waals surface area contributed by atoms with Crippen molar-refractivity contribution in [3.8, 4) is 0 Å². The first-order valence-corrected chi connectivity index (χ1v) is 8.55. The van der Waals surface area contributed by atoms with Gasteiger partial charge < -0.3 is 9.64 Å². The molecule has 4 nitrogen and oxygen atoms in total. The van der Waals surface area contributed by atoms with E-state index in [0.29, 0.717) is 6.04 Å². The number of likely N-dealkylation sites (tertiary alicyclic amines) is 1. The quantitative estimate of drug-likeness (QED) is 0.849. The number of thiophene rings is 1. The Balaban J connectivity index is 2.07. The Morgan fingerprint density at radius 1 is 1.48 bits per heavy atom. The van der Waals surface area contributed by atoms with Gasteiger partial charge in [-0.1, -0.05) is 6.07 Å². The van der Waals surface area contributed by atoms with Crippen LogP contribution in [0.15, 0.2) is 17.5 Å². The molecule has 0 aliphatic carbocycles. The van der Waals surface area contributed by atoms with Crippen LogP contribution in [0, 0.1) is 0 Å². The zero-order chi connectivity index (χ0) is 15.3. The predicted molar refractivity (Wildman–Crippen MR) is 86.5 cm³/mol. The molecule has 1 aromatic rings. The first-order valence-electron chi connectivity index (χ1n) is 7.67. The molecule has 0 radical (unpaired) electrons. The van der Waals surface area contributed by atoms with Crippen LogP contribution in [0.1, 0.15) is 38.0 Å². The van der Waals surface area contributed by atoms with Gasteiger partial charge in [-0.2, -0.15) is 0 Å². The molecular formula is C16H26N2O2S. The normalized spacial score (nSPS) is 24.0. The van der Waals surface area contributed by atoms with Crippen LogP contribution in [0.5, 0.6) is 0 Å². The van der Waals surface area contributed by atoms with Gasteiger partial charge in [0.2, 0.25) is 0 Å². The lowest BCUT2D eigenvalue weighted by Crippen LogP contribution is -2.53. The van der Waals surface area contributed by atoms with Crippen molar-refractivity contribution in [1.82, 2.24) is 10.2 Å². The number of hydrogen-bond acceptors (Lipinski definition) is 5. The fourth-order valence-electron chi connectivity index (χ4n) is 2.99. The SMILES string of the molecule is COC(=O)C1(NCc2cccs2)CCCN(C(C)C)CC1. The maximum atomic E-state index is 12.4. The molecule has 118 valence electrons. The molecule has 0 spiro atoms. The standard InChI is InChI=1S/C16H26N2O2S/c1-13(2)18-9-5-7-16(8-10-18,15(19)20-3)17-12-14-6-4-11-21-14/h4,6,11,13,17H,5,7-10,12H2,1-3H3. The van der Waals surface area contributed by atoms with E-state index in [9.17, 15) is 4.79 Å². The van der Waals surface area contributed by atoms with Gasteiger partial charge in [0.05, 0.1) is 7.11 Å². The molecule has 1 aromatic heterocycles. The van der Waals surface area contributed by atoms with Crippen molar-refractivity contribution in [3.05, 3.63) is 22.4 Å². The Hall–Kier alpha value is -0.910. The minimum absolute atomic E-state index is 0.121. The van der Waals surface area contributed by atoms with Crippen LogP contribution in [0.2, 0.25) is 0 Å². The molecule has 2 heterocycles. The minimum Gasteiger partial charge on any atom is -0.468 e. The van der Waals surface area contributed by atoms with Crippen LogP contribution >= 0.6 is 11.3 Å². The fraction of sp³-hybridized carbons (Fsp3) is 0.688. The number of rotatable bonds is 5. The number of methoxy groups -OCH3 is 1. The molecule has 2 rings (SSSR count). The Morgan fingerprint density at radius 3 is 2.90 bits per heavy atom. The summed E-state index contributed by atoms with van der Waals surface area (Å²) in [5.74, 6) is -0.121. The first-order chi connectivity index (χ1) is 10.1. The minimum atomic E-state index is -0.539. The third kappa shape index (κ3) is 4.05. The summed E-state index contributed by atoms with van der Waals surface area (Å²) in [5, 5.41) is 5.56. The van der Waals surface area contributed by atoms with Crippen molar-refractivity contribution in [2.75, 3.05) is 20.2 Å². The van der Waals surface area contributed by atoms with Crippen molar-refractivity contribution in [1.29, 1.82) is 0 Å². The van der Waals surface area contributed by atoms with Gasteiger partial charge in [0.15, 0.2) is 0 Å². The molecular weight excluding hydrogens is 284 g/mol. The lowest BCUT2D eigenvalue weighted by Gasteiger charge is -2.31. The van der Waals surface area contributed by atoms with Gasteiger partial charge in [0.25, 0.3) is 0 Å². The second-order valence-corrected chi connectivity index (χ2v) is 7.02. The number of nitrogens with zero attached hydrogens (tertiary/aromatic N) is 1. The van der Waals surface area contributed by atoms with Crippen LogP contribution in [0.4, 0.5) is 0 Å². The van der Waals surface area contributed by atoms with Gasteiger partial charge in [-0.15, -0.1) is 11.3 Å². The highest BCUT2D eigenvalue weighted by molar-refractivity contribution is 7.09. The number of carbonyl (C=O) groups excluding carboxylic acids is 1. The van der Waals surface area contributed by atoms with E-state index in [-0.39, 0.29) is 5.97 Å². The molecule has 0 aromatic carbocycles. The molecule has 0 bridgehead atoms. The summed E-state index contributed by atoms with van der Waals surface area (Å²) in [6, 6.07) is 4.66. The Bertz CT molecular complexity index is 447. The highest BCUT2D eigenvalue weighted by Crippen LogP contribution is 2.26. The number of nitrogens with one attached hydrogen (secondary N) is 1. The molecule has 0 saturated carbocycles. The molecule has 5 heteroatoms. The predicted octanol–water partition coefficient (Wildman–Crippen LogP) is 2.64. The highest BCUT2D eigenvalue weighted by Gasteiger charge is 2.40. The lowest BCUT2D eigenvalue weighted by molar-refractivity contribution is -0.149. The molecule has 21 heavy (non-hydrogen) atoms. The van der Waals surface area contributed by atoms with E-state index in [1.165, 1.54) is 12.0 Å². The van der Waals surface area contributed by atoms with E-state index >= 15 is 0 Å². The fourth-order valence-corrected chi connectivity index (χ4v) is 3.63. The summed E-state index contributed by atoms with van der Waals surface area (Å²) in [6.07, 6.45) is 2.67. The summed E-state index contributed by atoms with van der Waals surface area (Å²) in [5.41, 5.74) is -0.539. The molecule has 0 amide bonds. The zero-order valence-corrected chi connectivity index (χ0v) is 14.0. The average Bonchev–Trinajstić information content (AvgIpc) is 2.90. The van der Waals surface area contributed by atoms with Gasteiger partial charge in [-0.3, -0.25) is 10.1 Å². The molecule has 1 aliphatic rings. The molecule has 1 saturated heterocycles. The highest BCUT2D eigenvalue weighted by atomic mass is 32.1. The van der Waals surface area contributed by atoms with Gasteiger partial charge in [-0.25, -0.2) is 0 Å². The molecule has 1 N–H and O–H groups in total. The largest absolute Gasteiger partial charge is 0.468 e. The maximum Gasteiger partial charge on any atom is 0.326 e. The van der Waals surface area contributed by atoms with Crippen LogP contribution < -0.4 is 5.32 Å². The number of carbonyl (C=O) groups is 1. The number of esters is 1. The van der Waals surface area contributed by atoms with Crippen molar-refractivity contribution in [2.24, 2.45) is 0 Å². The Labute approximate surface area is 131 Å². The van der Waals surface area contributed by atoms with Gasteiger partial charge in [-0.05, 0) is 51.1 Å². The molecule has 1 fully saturated rings. The summed E-state index contributed by atoms with van der Waals surface area (Å²) in [7, 11) is 1.49. The van der Waals surface area contributed by atoms with E-state index in [1.54, 1.807) is 11.3 Å². The average molecular weight is 310 g/mol. The van der Waals surface area contributed by atoms with Crippen LogP contribution in [-0.4, -0.2) is 42.6 Å². The van der Waals surface area contributed by atoms with Crippen molar-refractivity contribution >= 4 is 17.3 Å². The van der Waals surface area contributed by atoms with E-state index in [2.05, 4.69) is 35.5 Å². The monoisotopic (exact) mass is 310 g/mol.